The summed E-state index contributed by atoms with van der Waals surface area (Å²) in [6, 6.07) is 8.48. The summed E-state index contributed by atoms with van der Waals surface area (Å²) >= 11 is 3.44. The van der Waals surface area contributed by atoms with Crippen molar-refractivity contribution < 1.29 is 0 Å². The zero-order valence-corrected chi connectivity index (χ0v) is 11.8. The molecule has 2 aromatic rings. The molecule has 1 aromatic heterocycles. The van der Waals surface area contributed by atoms with Gasteiger partial charge in [0.2, 0.25) is 0 Å². The SMILES string of the molecule is CNC(C)c1cnn(-c2ccc(Br)cc2)c1C. The van der Waals surface area contributed by atoms with E-state index in [1.165, 1.54) is 11.3 Å². The lowest BCUT2D eigenvalue weighted by molar-refractivity contribution is 0.647. The van der Waals surface area contributed by atoms with Crippen molar-refractivity contribution in [1.29, 1.82) is 0 Å². The Balaban J connectivity index is 2.40. The minimum atomic E-state index is 0.319. The number of halogens is 1. The Bertz CT molecular complexity index is 502. The molecule has 0 fully saturated rings. The van der Waals surface area contributed by atoms with E-state index in [2.05, 4.69) is 52.3 Å². The molecule has 0 radical (unpaired) electrons. The predicted molar refractivity (Wildman–Crippen MR) is 73.5 cm³/mol. The predicted octanol–water partition coefficient (Wildman–Crippen LogP) is 3.22. The van der Waals surface area contributed by atoms with Crippen molar-refractivity contribution >= 4 is 15.9 Å². The molecule has 0 saturated heterocycles. The molecule has 0 saturated carbocycles. The molecule has 0 aliphatic heterocycles. The third kappa shape index (κ3) is 2.42. The van der Waals surface area contributed by atoms with Crippen LogP contribution in [-0.2, 0) is 0 Å². The summed E-state index contributed by atoms with van der Waals surface area (Å²) < 4.78 is 3.05. The zero-order valence-electron chi connectivity index (χ0n) is 10.2. The lowest BCUT2D eigenvalue weighted by Gasteiger charge is -2.10. The minimum Gasteiger partial charge on any atom is -0.313 e. The highest BCUT2D eigenvalue weighted by atomic mass is 79.9. The largest absolute Gasteiger partial charge is 0.313 e. The second-order valence-corrected chi connectivity index (χ2v) is 5.00. The van der Waals surface area contributed by atoms with Crippen molar-refractivity contribution in [2.75, 3.05) is 7.05 Å². The van der Waals surface area contributed by atoms with E-state index >= 15 is 0 Å². The number of nitrogens with zero attached hydrogens (tertiary/aromatic N) is 2. The first kappa shape index (κ1) is 12.3. The maximum absolute atomic E-state index is 4.45. The second kappa shape index (κ2) is 5.02. The summed E-state index contributed by atoms with van der Waals surface area (Å²) in [6.45, 7) is 4.23. The number of aromatic nitrogens is 2. The highest BCUT2D eigenvalue weighted by molar-refractivity contribution is 9.10. The quantitative estimate of drug-likeness (QED) is 0.942. The van der Waals surface area contributed by atoms with Crippen molar-refractivity contribution in [2.24, 2.45) is 0 Å². The highest BCUT2D eigenvalue weighted by Crippen LogP contribution is 2.20. The molecule has 4 heteroatoms. The van der Waals surface area contributed by atoms with E-state index in [1.807, 2.05) is 30.1 Å². The standard InChI is InChI=1S/C13H16BrN3/c1-9(15-3)13-8-16-17(10(13)2)12-6-4-11(14)5-7-12/h4-9,15H,1-3H3. The molecule has 0 bridgehead atoms. The van der Waals surface area contributed by atoms with Gasteiger partial charge < -0.3 is 5.32 Å². The first-order chi connectivity index (χ1) is 8.13. The van der Waals surface area contributed by atoms with Crippen molar-refractivity contribution in [3.05, 3.63) is 46.2 Å². The molecule has 0 amide bonds. The van der Waals surface area contributed by atoms with Gasteiger partial charge in [0.25, 0.3) is 0 Å². The van der Waals surface area contributed by atoms with Gasteiger partial charge in [-0.15, -0.1) is 0 Å². The maximum atomic E-state index is 4.45. The Morgan fingerprint density at radius 1 is 1.29 bits per heavy atom. The topological polar surface area (TPSA) is 29.9 Å². The average Bonchev–Trinajstić information content (AvgIpc) is 2.71. The van der Waals surface area contributed by atoms with Gasteiger partial charge in [-0.2, -0.15) is 5.10 Å². The summed E-state index contributed by atoms with van der Waals surface area (Å²) in [4.78, 5) is 0. The Kier molecular flexibility index (Phi) is 3.64. The van der Waals surface area contributed by atoms with E-state index in [-0.39, 0.29) is 0 Å². The lowest BCUT2D eigenvalue weighted by atomic mass is 10.1. The van der Waals surface area contributed by atoms with Gasteiger partial charge in [-0.3, -0.25) is 0 Å². The van der Waals surface area contributed by atoms with Crippen LogP contribution < -0.4 is 5.32 Å². The molecule has 3 nitrogen and oxygen atoms in total. The summed E-state index contributed by atoms with van der Waals surface area (Å²) in [5.74, 6) is 0. The summed E-state index contributed by atoms with van der Waals surface area (Å²) in [5, 5.41) is 7.68. The van der Waals surface area contributed by atoms with E-state index < -0.39 is 0 Å². The van der Waals surface area contributed by atoms with Crippen LogP contribution in [0.3, 0.4) is 0 Å². The van der Waals surface area contributed by atoms with E-state index in [0.717, 1.165) is 10.2 Å². The van der Waals surface area contributed by atoms with E-state index in [9.17, 15) is 0 Å². The molecule has 0 aliphatic rings. The maximum Gasteiger partial charge on any atom is 0.0649 e. The fraction of sp³-hybridized carbons (Fsp3) is 0.308. The Morgan fingerprint density at radius 3 is 2.53 bits per heavy atom. The van der Waals surface area contributed by atoms with Crippen LogP contribution in [0, 0.1) is 6.92 Å². The van der Waals surface area contributed by atoms with Gasteiger partial charge in [-0.05, 0) is 45.2 Å². The Hall–Kier alpha value is -1.13. The average molecular weight is 294 g/mol. The number of rotatable bonds is 3. The van der Waals surface area contributed by atoms with Gasteiger partial charge in [0.15, 0.2) is 0 Å². The first-order valence-electron chi connectivity index (χ1n) is 5.61. The van der Waals surface area contributed by atoms with Crippen molar-refractivity contribution in [1.82, 2.24) is 15.1 Å². The molecule has 1 N–H and O–H groups in total. The van der Waals surface area contributed by atoms with E-state index in [0.29, 0.717) is 6.04 Å². The van der Waals surface area contributed by atoms with Crippen LogP contribution in [0.15, 0.2) is 34.9 Å². The van der Waals surface area contributed by atoms with E-state index in [4.69, 9.17) is 0 Å². The highest BCUT2D eigenvalue weighted by Gasteiger charge is 2.12. The van der Waals surface area contributed by atoms with Crippen LogP contribution in [0.4, 0.5) is 0 Å². The molecule has 1 atom stereocenters. The van der Waals surface area contributed by atoms with Crippen LogP contribution in [0.5, 0.6) is 0 Å². The first-order valence-corrected chi connectivity index (χ1v) is 6.40. The van der Waals surface area contributed by atoms with Gasteiger partial charge in [0.1, 0.15) is 0 Å². The van der Waals surface area contributed by atoms with Crippen LogP contribution >= 0.6 is 15.9 Å². The summed E-state index contributed by atoms with van der Waals surface area (Å²) in [5.41, 5.74) is 3.49. The fourth-order valence-electron chi connectivity index (χ4n) is 1.85. The lowest BCUT2D eigenvalue weighted by Crippen LogP contribution is -2.13. The van der Waals surface area contributed by atoms with Gasteiger partial charge >= 0.3 is 0 Å². The molecular formula is C13H16BrN3. The van der Waals surface area contributed by atoms with Gasteiger partial charge in [-0.25, -0.2) is 4.68 Å². The molecular weight excluding hydrogens is 278 g/mol. The molecule has 17 heavy (non-hydrogen) atoms. The molecule has 0 aliphatic carbocycles. The molecule has 1 heterocycles. The van der Waals surface area contributed by atoms with Gasteiger partial charge in [0, 0.05) is 21.8 Å². The molecule has 2 rings (SSSR count). The molecule has 90 valence electrons. The van der Waals surface area contributed by atoms with Crippen LogP contribution in [0.2, 0.25) is 0 Å². The van der Waals surface area contributed by atoms with Crippen molar-refractivity contribution in [2.45, 2.75) is 19.9 Å². The molecule has 1 unspecified atom stereocenters. The fourth-order valence-corrected chi connectivity index (χ4v) is 2.11. The normalized spacial score (nSPS) is 12.7. The molecule has 1 aromatic carbocycles. The third-order valence-electron chi connectivity index (χ3n) is 3.02. The number of hydrogen-bond acceptors (Lipinski definition) is 2. The number of hydrogen-bond donors (Lipinski definition) is 1. The second-order valence-electron chi connectivity index (χ2n) is 4.08. The number of benzene rings is 1. The van der Waals surface area contributed by atoms with E-state index in [1.54, 1.807) is 0 Å². The van der Waals surface area contributed by atoms with Crippen molar-refractivity contribution in [3.63, 3.8) is 0 Å². The third-order valence-corrected chi connectivity index (χ3v) is 3.55. The number of nitrogens with one attached hydrogen (secondary N) is 1. The van der Waals surface area contributed by atoms with Crippen LogP contribution in [0.25, 0.3) is 5.69 Å². The molecule has 0 spiro atoms. The minimum absolute atomic E-state index is 0.319. The van der Waals surface area contributed by atoms with Crippen LogP contribution in [0.1, 0.15) is 24.2 Å². The summed E-state index contributed by atoms with van der Waals surface area (Å²) in [6.07, 6.45) is 1.93. The smallest absolute Gasteiger partial charge is 0.0649 e. The Morgan fingerprint density at radius 2 is 1.94 bits per heavy atom. The van der Waals surface area contributed by atoms with Crippen LogP contribution in [-0.4, -0.2) is 16.8 Å². The Labute approximate surface area is 110 Å². The summed E-state index contributed by atoms with van der Waals surface area (Å²) in [7, 11) is 1.96. The van der Waals surface area contributed by atoms with Gasteiger partial charge in [0.05, 0.1) is 11.9 Å². The monoisotopic (exact) mass is 293 g/mol. The zero-order chi connectivity index (χ0) is 12.4. The van der Waals surface area contributed by atoms with Crippen molar-refractivity contribution in [3.8, 4) is 5.69 Å². The van der Waals surface area contributed by atoms with Gasteiger partial charge in [-0.1, -0.05) is 15.9 Å².